The van der Waals surface area contributed by atoms with Crippen molar-refractivity contribution in [2.75, 3.05) is 9.80 Å². The lowest BCUT2D eigenvalue weighted by molar-refractivity contribution is 0.480. The van der Waals surface area contributed by atoms with E-state index in [1.54, 1.807) is 0 Å². The second-order valence-electron chi connectivity index (χ2n) is 14.5. The van der Waals surface area contributed by atoms with Gasteiger partial charge in [0.25, 0.3) is 0 Å². The predicted octanol–water partition coefficient (Wildman–Crippen LogP) is 15.2. The van der Waals surface area contributed by atoms with E-state index in [0.717, 1.165) is 112 Å². The third-order valence-electron chi connectivity index (χ3n) is 11.2. The molecule has 2 aliphatic rings. The number of fused-ring (bicyclic) bond motifs is 7. The lowest BCUT2D eigenvalue weighted by Gasteiger charge is -2.30. The molecule has 0 bridgehead atoms. The van der Waals surface area contributed by atoms with Crippen LogP contribution in [-0.2, 0) is 0 Å². The van der Waals surface area contributed by atoms with E-state index in [2.05, 4.69) is 174 Å². The molecular weight excluding hydrogens is 701 g/mol. The first-order valence-corrected chi connectivity index (χ1v) is 19.2. The summed E-state index contributed by atoms with van der Waals surface area (Å²) < 4.78 is 20.2. The fourth-order valence-corrected chi connectivity index (χ4v) is 8.72. The Morgan fingerprint density at radius 3 is 1.37 bits per heavy atom. The maximum absolute atomic E-state index is 6.85. The monoisotopic (exact) mass is 732 g/mol. The maximum atomic E-state index is 6.85. The highest BCUT2D eigenvalue weighted by molar-refractivity contribution is 6.15. The van der Waals surface area contributed by atoms with Crippen molar-refractivity contribution >= 4 is 66.8 Å². The summed E-state index contributed by atoms with van der Waals surface area (Å²) in [6, 6.07) is 67.4. The third-order valence-corrected chi connectivity index (χ3v) is 11.2. The molecular formula is C52H32N2O3. The molecule has 5 nitrogen and oxygen atoms in total. The molecule has 0 fully saturated rings. The van der Waals surface area contributed by atoms with Crippen LogP contribution in [0.5, 0.6) is 23.0 Å². The van der Waals surface area contributed by atoms with Crippen LogP contribution in [0.1, 0.15) is 0 Å². The summed E-state index contributed by atoms with van der Waals surface area (Å²) in [7, 11) is 0. The highest BCUT2D eigenvalue weighted by atomic mass is 16.5. The highest BCUT2D eigenvalue weighted by Gasteiger charge is 2.30. The first-order chi connectivity index (χ1) is 28.3. The van der Waals surface area contributed by atoms with Gasteiger partial charge in [-0.25, -0.2) is 0 Å². The van der Waals surface area contributed by atoms with Gasteiger partial charge in [0.15, 0.2) is 5.58 Å². The maximum Gasteiger partial charge on any atom is 0.159 e. The van der Waals surface area contributed by atoms with Crippen LogP contribution in [0.15, 0.2) is 199 Å². The SMILES string of the molecule is c1ccc(N(c2ccccc2)c2ccc3c(c2)Oc2ccc4c5c(ccc-3c25)Oc2cc(N(c3ccccc3)c3cccc5c3oc3ccccc35)ccc2-4)cc1. The van der Waals surface area contributed by atoms with E-state index >= 15 is 0 Å². The van der Waals surface area contributed by atoms with Crippen molar-refractivity contribution in [2.45, 2.75) is 0 Å². The van der Waals surface area contributed by atoms with Crippen LogP contribution in [0.3, 0.4) is 0 Å². The van der Waals surface area contributed by atoms with Gasteiger partial charge in [0.2, 0.25) is 0 Å². The first-order valence-electron chi connectivity index (χ1n) is 19.2. The van der Waals surface area contributed by atoms with Gasteiger partial charge in [-0.1, -0.05) is 84.9 Å². The Bertz CT molecular complexity index is 3150. The van der Waals surface area contributed by atoms with Gasteiger partial charge in [-0.05, 0) is 108 Å². The number of furan rings is 1. The molecule has 0 spiro atoms. The summed E-state index contributed by atoms with van der Waals surface area (Å²) in [5.74, 6) is 3.24. The zero-order chi connectivity index (χ0) is 37.5. The van der Waals surface area contributed by atoms with E-state index in [1.807, 2.05) is 30.3 Å². The molecule has 0 saturated carbocycles. The fourth-order valence-electron chi connectivity index (χ4n) is 8.72. The van der Waals surface area contributed by atoms with E-state index in [4.69, 9.17) is 13.9 Å². The van der Waals surface area contributed by atoms with E-state index in [1.165, 1.54) is 0 Å². The van der Waals surface area contributed by atoms with Gasteiger partial charge in [-0.3, -0.25) is 0 Å². The van der Waals surface area contributed by atoms with E-state index in [0.29, 0.717) is 0 Å². The summed E-state index contributed by atoms with van der Waals surface area (Å²) >= 11 is 0. The molecule has 57 heavy (non-hydrogen) atoms. The Morgan fingerprint density at radius 1 is 0.316 bits per heavy atom. The Hall–Kier alpha value is -7.76. The van der Waals surface area contributed by atoms with Gasteiger partial charge in [-0.15, -0.1) is 0 Å². The molecule has 2 aliphatic heterocycles. The molecule has 5 heteroatoms. The van der Waals surface area contributed by atoms with E-state index in [9.17, 15) is 0 Å². The van der Waals surface area contributed by atoms with Crippen LogP contribution in [0.2, 0.25) is 0 Å². The van der Waals surface area contributed by atoms with Crippen LogP contribution < -0.4 is 19.3 Å². The van der Waals surface area contributed by atoms with Crippen molar-refractivity contribution in [2.24, 2.45) is 0 Å². The van der Waals surface area contributed by atoms with Crippen molar-refractivity contribution in [1.82, 2.24) is 0 Å². The molecule has 12 rings (SSSR count). The number of ether oxygens (including phenoxy) is 2. The van der Waals surface area contributed by atoms with Gasteiger partial charge in [0.1, 0.15) is 28.6 Å². The van der Waals surface area contributed by atoms with Gasteiger partial charge < -0.3 is 23.7 Å². The highest BCUT2D eigenvalue weighted by Crippen LogP contribution is 2.56. The summed E-state index contributed by atoms with van der Waals surface area (Å²) in [4.78, 5) is 4.51. The van der Waals surface area contributed by atoms with Gasteiger partial charge in [0.05, 0.1) is 11.4 Å². The Morgan fingerprint density at radius 2 is 0.789 bits per heavy atom. The van der Waals surface area contributed by atoms with Crippen molar-refractivity contribution in [1.29, 1.82) is 0 Å². The molecule has 0 amide bonds. The average Bonchev–Trinajstić information content (AvgIpc) is 3.66. The summed E-state index contributed by atoms with van der Waals surface area (Å²) in [6.45, 7) is 0. The minimum atomic E-state index is 0.796. The zero-order valence-electron chi connectivity index (χ0n) is 30.6. The normalized spacial score (nSPS) is 12.1. The second kappa shape index (κ2) is 12.4. The lowest BCUT2D eigenvalue weighted by atomic mass is 9.88. The smallest absolute Gasteiger partial charge is 0.159 e. The van der Waals surface area contributed by atoms with Crippen LogP contribution >= 0.6 is 0 Å². The summed E-state index contributed by atoms with van der Waals surface area (Å²) in [5, 5.41) is 4.30. The third kappa shape index (κ3) is 4.89. The molecule has 0 unspecified atom stereocenters. The predicted molar refractivity (Wildman–Crippen MR) is 232 cm³/mol. The van der Waals surface area contributed by atoms with Gasteiger partial charge in [-0.2, -0.15) is 0 Å². The molecule has 9 aromatic carbocycles. The largest absolute Gasteiger partial charge is 0.456 e. The second-order valence-corrected chi connectivity index (χ2v) is 14.5. The quantitative estimate of drug-likeness (QED) is 0.170. The number of anilines is 6. The molecule has 0 saturated heterocycles. The van der Waals surface area contributed by atoms with Crippen LogP contribution in [0.25, 0.3) is 55.0 Å². The standard InChI is InChI=1S/C52H32N2O3/c1-4-13-33(14-5-1)53(34-15-6-2-7-16-34)36-23-25-39-41-27-30-47-51-42(28-29-46(50(41)51)55-48(39)31-36)40-26-24-37(32-49(40)56-47)54(35-17-8-3-9-18-35)44-21-12-20-43-38-19-10-11-22-45(38)57-52(43)44/h1-32H. The zero-order valence-corrected chi connectivity index (χ0v) is 30.6. The first kappa shape index (κ1) is 31.6. The number of rotatable bonds is 6. The minimum Gasteiger partial charge on any atom is -0.456 e. The lowest BCUT2D eigenvalue weighted by Crippen LogP contribution is -2.11. The van der Waals surface area contributed by atoms with E-state index < -0.39 is 0 Å². The average molecular weight is 733 g/mol. The minimum absolute atomic E-state index is 0.796. The molecule has 3 heterocycles. The molecule has 268 valence electrons. The fraction of sp³-hybridized carbons (Fsp3) is 0. The molecule has 0 aliphatic carbocycles. The van der Waals surface area contributed by atoms with Crippen molar-refractivity contribution in [3.05, 3.63) is 194 Å². The van der Waals surface area contributed by atoms with Gasteiger partial charge >= 0.3 is 0 Å². The van der Waals surface area contributed by atoms with Crippen LogP contribution in [0, 0.1) is 0 Å². The summed E-state index contributed by atoms with van der Waals surface area (Å²) in [5.41, 5.74) is 12.2. The number of benzene rings is 9. The Labute approximate surface area is 328 Å². The molecule has 1 aromatic heterocycles. The van der Waals surface area contributed by atoms with Crippen molar-refractivity contribution < 1.29 is 13.9 Å². The van der Waals surface area contributed by atoms with E-state index in [-0.39, 0.29) is 0 Å². The topological polar surface area (TPSA) is 38.1 Å². The van der Waals surface area contributed by atoms with Crippen LogP contribution in [-0.4, -0.2) is 0 Å². The Balaban J connectivity index is 0.968. The molecule has 0 atom stereocenters. The molecule has 0 N–H and O–H groups in total. The Kier molecular flexibility index (Phi) is 6.86. The van der Waals surface area contributed by atoms with Crippen LogP contribution in [0.4, 0.5) is 34.1 Å². The number of hydrogen-bond donors (Lipinski definition) is 0. The van der Waals surface area contributed by atoms with Crippen molar-refractivity contribution in [3.8, 4) is 45.3 Å². The van der Waals surface area contributed by atoms with Crippen molar-refractivity contribution in [3.63, 3.8) is 0 Å². The molecule has 10 aromatic rings. The summed E-state index contributed by atoms with van der Waals surface area (Å²) in [6.07, 6.45) is 0. The number of hydrogen-bond acceptors (Lipinski definition) is 5. The molecule has 0 radical (unpaired) electrons. The number of nitrogens with zero attached hydrogens (tertiary/aromatic N) is 2. The van der Waals surface area contributed by atoms with Gasteiger partial charge in [0, 0.05) is 67.6 Å². The number of para-hydroxylation sites is 5.